The maximum Gasteiger partial charge on any atom is 0.270 e. The minimum absolute atomic E-state index is 0.0864. The lowest BCUT2D eigenvalue weighted by Crippen LogP contribution is -2.31. The Morgan fingerprint density at radius 3 is 2.92 bits per heavy atom. The zero-order valence-electron chi connectivity index (χ0n) is 13.2. The number of rotatable bonds is 4. The van der Waals surface area contributed by atoms with Gasteiger partial charge in [-0.3, -0.25) is 14.9 Å². The number of nitro benzene ring substituents is 1. The number of likely N-dealkylation sites (tertiary alicyclic amines) is 1. The fraction of sp³-hybridized carbons (Fsp3) is 0.294. The number of hydrogen-bond acceptors (Lipinski definition) is 5. The number of nitrogens with zero attached hydrogens (tertiary/aromatic N) is 3. The van der Waals surface area contributed by atoms with E-state index in [9.17, 15) is 14.9 Å². The molecule has 0 radical (unpaired) electrons. The molecular weight excluding hydrogens is 310 g/mol. The number of amides is 1. The Bertz CT molecular complexity index is 761. The molecular formula is C17H17N3O4. The van der Waals surface area contributed by atoms with E-state index in [1.165, 1.54) is 18.2 Å². The second kappa shape index (κ2) is 6.66. The normalized spacial score (nSPS) is 16.9. The number of carbonyl (C=O) groups is 1. The van der Waals surface area contributed by atoms with Gasteiger partial charge in [0, 0.05) is 42.9 Å². The van der Waals surface area contributed by atoms with Crippen LogP contribution >= 0.6 is 0 Å². The molecule has 124 valence electrons. The van der Waals surface area contributed by atoms with Crippen LogP contribution in [0.5, 0.6) is 5.88 Å². The molecule has 0 N–H and O–H groups in total. The third-order valence-electron chi connectivity index (χ3n) is 3.91. The van der Waals surface area contributed by atoms with Gasteiger partial charge in [-0.15, -0.1) is 0 Å². The number of hydrogen-bond donors (Lipinski definition) is 0. The van der Waals surface area contributed by atoms with Gasteiger partial charge < -0.3 is 9.64 Å². The van der Waals surface area contributed by atoms with Gasteiger partial charge in [0.1, 0.15) is 6.10 Å². The molecule has 1 atom stereocenters. The van der Waals surface area contributed by atoms with E-state index in [1.54, 1.807) is 23.2 Å². The Labute approximate surface area is 139 Å². The third-order valence-corrected chi connectivity index (χ3v) is 3.91. The van der Waals surface area contributed by atoms with Crippen molar-refractivity contribution >= 4 is 11.6 Å². The van der Waals surface area contributed by atoms with Crippen LogP contribution in [0.2, 0.25) is 0 Å². The molecule has 7 heteroatoms. The molecule has 1 aliphatic rings. The summed E-state index contributed by atoms with van der Waals surface area (Å²) in [6.07, 6.45) is 2.31. The van der Waals surface area contributed by atoms with Crippen molar-refractivity contribution in [1.29, 1.82) is 0 Å². The Hall–Kier alpha value is -2.96. The molecule has 1 saturated heterocycles. The van der Waals surface area contributed by atoms with Gasteiger partial charge in [0.2, 0.25) is 5.88 Å². The fourth-order valence-electron chi connectivity index (χ4n) is 2.64. The van der Waals surface area contributed by atoms with Crippen LogP contribution in [0.4, 0.5) is 5.69 Å². The number of aryl methyl sites for hydroxylation is 1. The molecule has 24 heavy (non-hydrogen) atoms. The molecule has 0 saturated carbocycles. The molecule has 2 aromatic rings. The SMILES string of the molecule is Cc1ccc(OC2CCN(C(=O)c3cccc([N+](=O)[O-])c3)C2)nc1. The van der Waals surface area contributed by atoms with Crippen LogP contribution in [0.15, 0.2) is 42.6 Å². The van der Waals surface area contributed by atoms with Crippen molar-refractivity contribution in [3.63, 3.8) is 0 Å². The molecule has 1 aromatic carbocycles. The Balaban J connectivity index is 1.64. The second-order valence-corrected chi connectivity index (χ2v) is 5.76. The Kier molecular flexibility index (Phi) is 4.41. The number of pyridine rings is 1. The maximum atomic E-state index is 12.5. The van der Waals surface area contributed by atoms with Crippen molar-refractivity contribution in [2.45, 2.75) is 19.4 Å². The average molecular weight is 327 g/mol. The minimum Gasteiger partial charge on any atom is -0.472 e. The highest BCUT2D eigenvalue weighted by Crippen LogP contribution is 2.20. The van der Waals surface area contributed by atoms with E-state index in [1.807, 2.05) is 13.0 Å². The molecule has 1 fully saturated rings. The monoisotopic (exact) mass is 327 g/mol. The van der Waals surface area contributed by atoms with Crippen LogP contribution in [0.3, 0.4) is 0 Å². The third kappa shape index (κ3) is 3.51. The Morgan fingerprint density at radius 2 is 2.21 bits per heavy atom. The number of benzene rings is 1. The largest absolute Gasteiger partial charge is 0.472 e. The summed E-state index contributed by atoms with van der Waals surface area (Å²) in [5, 5.41) is 10.8. The summed E-state index contributed by atoms with van der Waals surface area (Å²) in [5.41, 5.74) is 1.28. The standard InChI is InChI=1S/C17H17N3O4/c1-12-5-6-16(18-10-12)24-15-7-8-19(11-15)17(21)13-3-2-4-14(9-13)20(22)23/h2-6,9-10,15H,7-8,11H2,1H3. The molecule has 1 amide bonds. The summed E-state index contributed by atoms with van der Waals surface area (Å²) >= 11 is 0. The average Bonchev–Trinajstić information content (AvgIpc) is 3.05. The van der Waals surface area contributed by atoms with Crippen LogP contribution in [0.1, 0.15) is 22.3 Å². The Morgan fingerprint density at radius 1 is 1.38 bits per heavy atom. The summed E-state index contributed by atoms with van der Waals surface area (Å²) < 4.78 is 5.80. The van der Waals surface area contributed by atoms with Crippen LogP contribution < -0.4 is 4.74 Å². The number of aromatic nitrogens is 1. The topological polar surface area (TPSA) is 85.6 Å². The molecule has 1 unspecified atom stereocenters. The summed E-state index contributed by atoms with van der Waals surface area (Å²) in [5.74, 6) is 0.317. The fourth-order valence-corrected chi connectivity index (χ4v) is 2.64. The van der Waals surface area contributed by atoms with Crippen LogP contribution in [0.25, 0.3) is 0 Å². The van der Waals surface area contributed by atoms with Crippen molar-refractivity contribution in [3.8, 4) is 5.88 Å². The van der Waals surface area contributed by atoms with Crippen molar-refractivity contribution in [2.24, 2.45) is 0 Å². The lowest BCUT2D eigenvalue weighted by atomic mass is 10.2. The molecule has 2 heterocycles. The highest BCUT2D eigenvalue weighted by molar-refractivity contribution is 5.95. The molecule has 3 rings (SSSR count). The lowest BCUT2D eigenvalue weighted by Gasteiger charge is -2.17. The zero-order chi connectivity index (χ0) is 17.1. The molecule has 0 bridgehead atoms. The van der Waals surface area contributed by atoms with Gasteiger partial charge in [0.15, 0.2) is 0 Å². The smallest absolute Gasteiger partial charge is 0.270 e. The number of nitro groups is 1. The second-order valence-electron chi connectivity index (χ2n) is 5.76. The molecule has 7 nitrogen and oxygen atoms in total. The molecule has 0 aliphatic carbocycles. The van der Waals surface area contributed by atoms with E-state index >= 15 is 0 Å². The maximum absolute atomic E-state index is 12.5. The van der Waals surface area contributed by atoms with Gasteiger partial charge in [0.05, 0.1) is 11.5 Å². The van der Waals surface area contributed by atoms with Gasteiger partial charge in [-0.05, 0) is 18.6 Å². The molecule has 1 aromatic heterocycles. The van der Waals surface area contributed by atoms with Gasteiger partial charge in [-0.1, -0.05) is 12.1 Å². The van der Waals surface area contributed by atoms with Crippen molar-refractivity contribution in [2.75, 3.05) is 13.1 Å². The highest BCUT2D eigenvalue weighted by atomic mass is 16.6. The quantitative estimate of drug-likeness (QED) is 0.636. The first-order valence-electron chi connectivity index (χ1n) is 7.66. The van der Waals surface area contributed by atoms with Gasteiger partial charge in [0.25, 0.3) is 11.6 Å². The summed E-state index contributed by atoms with van der Waals surface area (Å²) in [7, 11) is 0. The minimum atomic E-state index is -0.504. The van der Waals surface area contributed by atoms with Crippen LogP contribution in [0, 0.1) is 17.0 Å². The van der Waals surface area contributed by atoms with E-state index < -0.39 is 4.92 Å². The summed E-state index contributed by atoms with van der Waals surface area (Å²) in [6.45, 7) is 2.95. The first-order valence-corrected chi connectivity index (χ1v) is 7.66. The van der Waals surface area contributed by atoms with Crippen molar-refractivity contribution in [1.82, 2.24) is 9.88 Å². The number of non-ortho nitro benzene ring substituents is 1. The first-order chi connectivity index (χ1) is 11.5. The summed E-state index contributed by atoms with van der Waals surface area (Å²) in [6, 6.07) is 9.51. The predicted octanol–water partition coefficient (Wildman–Crippen LogP) is 2.59. The van der Waals surface area contributed by atoms with Crippen LogP contribution in [-0.2, 0) is 0 Å². The highest BCUT2D eigenvalue weighted by Gasteiger charge is 2.29. The van der Waals surface area contributed by atoms with E-state index in [0.717, 1.165) is 5.56 Å². The van der Waals surface area contributed by atoms with E-state index in [-0.39, 0.29) is 17.7 Å². The van der Waals surface area contributed by atoms with Gasteiger partial charge >= 0.3 is 0 Å². The lowest BCUT2D eigenvalue weighted by molar-refractivity contribution is -0.384. The number of carbonyl (C=O) groups excluding carboxylic acids is 1. The van der Waals surface area contributed by atoms with E-state index in [4.69, 9.17) is 4.74 Å². The molecule has 0 spiro atoms. The van der Waals surface area contributed by atoms with Gasteiger partial charge in [-0.25, -0.2) is 4.98 Å². The predicted molar refractivity (Wildman–Crippen MR) is 87.0 cm³/mol. The first kappa shape index (κ1) is 15.9. The van der Waals surface area contributed by atoms with Crippen molar-refractivity contribution in [3.05, 3.63) is 63.8 Å². The number of ether oxygens (including phenoxy) is 1. The van der Waals surface area contributed by atoms with Gasteiger partial charge in [-0.2, -0.15) is 0 Å². The summed E-state index contributed by atoms with van der Waals surface area (Å²) in [4.78, 5) is 28.7. The van der Waals surface area contributed by atoms with Crippen molar-refractivity contribution < 1.29 is 14.5 Å². The van der Waals surface area contributed by atoms with Crippen LogP contribution in [-0.4, -0.2) is 39.9 Å². The van der Waals surface area contributed by atoms with E-state index in [2.05, 4.69) is 4.98 Å². The van der Waals surface area contributed by atoms with E-state index in [0.29, 0.717) is 31.0 Å². The molecule has 1 aliphatic heterocycles. The zero-order valence-corrected chi connectivity index (χ0v) is 13.2.